The second-order valence-corrected chi connectivity index (χ2v) is 7.03. The van der Waals surface area contributed by atoms with Crippen molar-refractivity contribution >= 4 is 16.9 Å². The number of hydrogen-bond donors (Lipinski definition) is 1. The van der Waals surface area contributed by atoms with E-state index in [1.54, 1.807) is 10.9 Å². The van der Waals surface area contributed by atoms with Gasteiger partial charge in [0.25, 0.3) is 5.91 Å². The third-order valence-corrected chi connectivity index (χ3v) is 5.24. The predicted octanol–water partition coefficient (Wildman–Crippen LogP) is 2.93. The van der Waals surface area contributed by atoms with E-state index >= 15 is 0 Å². The molecule has 0 bridgehead atoms. The Morgan fingerprint density at radius 3 is 2.88 bits per heavy atom. The molecular weight excluding hydrogens is 314 g/mol. The molecule has 4 rings (SSSR count). The van der Waals surface area contributed by atoms with Crippen molar-refractivity contribution in [1.29, 1.82) is 0 Å². The molecule has 3 aromatic heterocycles. The van der Waals surface area contributed by atoms with Gasteiger partial charge in [-0.1, -0.05) is 0 Å². The number of carbonyl (C=O) groups excluding carboxylic acids is 1. The zero-order valence-electron chi connectivity index (χ0n) is 14.9. The highest BCUT2D eigenvalue weighted by Crippen LogP contribution is 2.29. The molecule has 1 fully saturated rings. The van der Waals surface area contributed by atoms with Crippen molar-refractivity contribution in [2.45, 2.75) is 32.6 Å². The van der Waals surface area contributed by atoms with Crippen molar-refractivity contribution in [2.24, 2.45) is 7.05 Å². The SMILES string of the molecule is Cc1cnc2[nH]c([C@@H]3CCCN(C(=O)c4cnn(C)c4C)C3)cc2c1. The number of fused-ring (bicyclic) bond motifs is 1. The maximum Gasteiger partial charge on any atom is 0.257 e. The van der Waals surface area contributed by atoms with E-state index in [2.05, 4.69) is 34.1 Å². The molecule has 0 aromatic carbocycles. The van der Waals surface area contributed by atoms with E-state index in [1.165, 1.54) is 5.69 Å². The van der Waals surface area contributed by atoms with Gasteiger partial charge in [-0.25, -0.2) is 4.98 Å². The van der Waals surface area contributed by atoms with Crippen molar-refractivity contribution in [3.63, 3.8) is 0 Å². The Kier molecular flexibility index (Phi) is 3.82. The number of rotatable bonds is 2. The van der Waals surface area contributed by atoms with E-state index in [4.69, 9.17) is 0 Å². The average molecular weight is 337 g/mol. The summed E-state index contributed by atoms with van der Waals surface area (Å²) < 4.78 is 1.75. The number of pyridine rings is 1. The van der Waals surface area contributed by atoms with Gasteiger partial charge in [0.1, 0.15) is 5.65 Å². The first-order valence-corrected chi connectivity index (χ1v) is 8.76. The fraction of sp³-hybridized carbons (Fsp3) is 0.421. The summed E-state index contributed by atoms with van der Waals surface area (Å²) in [6.07, 6.45) is 5.65. The van der Waals surface area contributed by atoms with Crippen LogP contribution >= 0.6 is 0 Å². The van der Waals surface area contributed by atoms with Gasteiger partial charge in [0.05, 0.1) is 11.8 Å². The molecule has 0 saturated carbocycles. The maximum atomic E-state index is 12.9. The van der Waals surface area contributed by atoms with Crippen molar-refractivity contribution in [3.8, 4) is 0 Å². The highest BCUT2D eigenvalue weighted by molar-refractivity contribution is 5.95. The molecule has 1 saturated heterocycles. The number of piperidine rings is 1. The van der Waals surface area contributed by atoms with Gasteiger partial charge in [-0.15, -0.1) is 0 Å². The third-order valence-electron chi connectivity index (χ3n) is 5.24. The Morgan fingerprint density at radius 2 is 2.12 bits per heavy atom. The highest BCUT2D eigenvalue weighted by Gasteiger charge is 2.28. The van der Waals surface area contributed by atoms with Crippen LogP contribution in [0.1, 0.15) is 46.1 Å². The molecule has 130 valence electrons. The molecule has 0 radical (unpaired) electrons. The van der Waals surface area contributed by atoms with Crippen LogP contribution in [0.4, 0.5) is 0 Å². The minimum atomic E-state index is 0.0837. The number of carbonyl (C=O) groups is 1. The van der Waals surface area contributed by atoms with Crippen LogP contribution in [0.5, 0.6) is 0 Å². The van der Waals surface area contributed by atoms with Crippen molar-refractivity contribution in [3.05, 3.63) is 47.0 Å². The van der Waals surface area contributed by atoms with Crippen LogP contribution < -0.4 is 0 Å². The quantitative estimate of drug-likeness (QED) is 0.782. The van der Waals surface area contributed by atoms with Gasteiger partial charge < -0.3 is 9.88 Å². The first kappa shape index (κ1) is 15.9. The molecule has 0 unspecified atom stereocenters. The highest BCUT2D eigenvalue weighted by atomic mass is 16.2. The number of nitrogens with one attached hydrogen (secondary N) is 1. The zero-order valence-corrected chi connectivity index (χ0v) is 14.9. The lowest BCUT2D eigenvalue weighted by Crippen LogP contribution is -2.39. The zero-order chi connectivity index (χ0) is 17.6. The van der Waals surface area contributed by atoms with Crippen LogP contribution in [0.15, 0.2) is 24.5 Å². The second-order valence-electron chi connectivity index (χ2n) is 7.03. The molecule has 1 aliphatic heterocycles. The van der Waals surface area contributed by atoms with Crippen LogP contribution in [0.2, 0.25) is 0 Å². The maximum absolute atomic E-state index is 12.9. The Balaban J connectivity index is 1.57. The fourth-order valence-electron chi connectivity index (χ4n) is 3.66. The summed E-state index contributed by atoms with van der Waals surface area (Å²) in [6.45, 7) is 5.53. The van der Waals surface area contributed by atoms with Gasteiger partial charge in [0.15, 0.2) is 0 Å². The Morgan fingerprint density at radius 1 is 1.28 bits per heavy atom. The van der Waals surface area contributed by atoms with Crippen molar-refractivity contribution in [1.82, 2.24) is 24.6 Å². The third kappa shape index (κ3) is 2.81. The molecule has 4 heterocycles. The fourth-order valence-corrected chi connectivity index (χ4v) is 3.66. The number of H-pyrrole nitrogens is 1. The molecule has 6 heteroatoms. The summed E-state index contributed by atoms with van der Waals surface area (Å²) in [5.74, 6) is 0.407. The number of likely N-dealkylation sites (tertiary alicyclic amines) is 1. The topological polar surface area (TPSA) is 66.8 Å². The minimum absolute atomic E-state index is 0.0837. The molecule has 0 spiro atoms. The summed E-state index contributed by atoms with van der Waals surface area (Å²) in [4.78, 5) is 22.7. The molecule has 1 N–H and O–H groups in total. The predicted molar refractivity (Wildman–Crippen MR) is 96.7 cm³/mol. The number of aromatic amines is 1. The standard InChI is InChI=1S/C19H23N5O/c1-12-7-15-8-17(22-18(15)20-9-12)14-5-4-6-24(11-14)19(25)16-10-21-23(3)13(16)2/h7-10,14H,4-6,11H2,1-3H3,(H,20,22)/t14-/m1/s1. The molecule has 0 aliphatic carbocycles. The number of aryl methyl sites for hydroxylation is 2. The van der Waals surface area contributed by atoms with E-state index in [1.807, 2.05) is 25.1 Å². The van der Waals surface area contributed by atoms with E-state index in [0.717, 1.165) is 48.2 Å². The Bertz CT molecular complexity index is 939. The summed E-state index contributed by atoms with van der Waals surface area (Å²) in [5, 5.41) is 5.34. The number of amides is 1. The van der Waals surface area contributed by atoms with Crippen molar-refractivity contribution < 1.29 is 4.79 Å². The first-order chi connectivity index (χ1) is 12.0. The van der Waals surface area contributed by atoms with E-state index < -0.39 is 0 Å². The minimum Gasteiger partial charge on any atom is -0.343 e. The molecule has 1 amide bonds. The smallest absolute Gasteiger partial charge is 0.257 e. The van der Waals surface area contributed by atoms with E-state index in [0.29, 0.717) is 11.5 Å². The van der Waals surface area contributed by atoms with Gasteiger partial charge in [-0.05, 0) is 44.4 Å². The van der Waals surface area contributed by atoms with Gasteiger partial charge in [-0.3, -0.25) is 9.48 Å². The van der Waals surface area contributed by atoms with Gasteiger partial charge >= 0.3 is 0 Å². The number of nitrogens with zero attached hydrogens (tertiary/aromatic N) is 4. The Hall–Kier alpha value is -2.63. The van der Waals surface area contributed by atoms with Crippen LogP contribution in [0, 0.1) is 13.8 Å². The lowest BCUT2D eigenvalue weighted by atomic mass is 9.94. The second kappa shape index (κ2) is 6.02. The largest absolute Gasteiger partial charge is 0.343 e. The average Bonchev–Trinajstić information content (AvgIpc) is 3.18. The first-order valence-electron chi connectivity index (χ1n) is 8.76. The van der Waals surface area contributed by atoms with E-state index in [9.17, 15) is 4.79 Å². The lowest BCUT2D eigenvalue weighted by molar-refractivity contribution is 0.0705. The monoisotopic (exact) mass is 337 g/mol. The Labute approximate surface area is 146 Å². The summed E-state index contributed by atoms with van der Waals surface area (Å²) in [7, 11) is 1.87. The van der Waals surface area contributed by atoms with Crippen LogP contribution in [0.3, 0.4) is 0 Å². The summed E-state index contributed by atoms with van der Waals surface area (Å²) >= 11 is 0. The molecule has 6 nitrogen and oxygen atoms in total. The summed E-state index contributed by atoms with van der Waals surface area (Å²) in [5.41, 5.74) is 4.88. The van der Waals surface area contributed by atoms with Crippen LogP contribution in [-0.4, -0.2) is 43.6 Å². The van der Waals surface area contributed by atoms with Crippen LogP contribution in [0.25, 0.3) is 11.0 Å². The molecule has 1 atom stereocenters. The van der Waals surface area contributed by atoms with Crippen molar-refractivity contribution in [2.75, 3.05) is 13.1 Å². The van der Waals surface area contributed by atoms with Gasteiger partial charge in [-0.2, -0.15) is 5.10 Å². The number of aromatic nitrogens is 4. The van der Waals surface area contributed by atoms with Gasteiger partial charge in [0, 0.05) is 49.0 Å². The molecular formula is C19H23N5O. The molecule has 3 aromatic rings. The van der Waals surface area contributed by atoms with Gasteiger partial charge in [0.2, 0.25) is 0 Å². The lowest BCUT2D eigenvalue weighted by Gasteiger charge is -2.32. The number of hydrogen-bond acceptors (Lipinski definition) is 3. The van der Waals surface area contributed by atoms with E-state index in [-0.39, 0.29) is 5.91 Å². The summed E-state index contributed by atoms with van der Waals surface area (Å²) in [6, 6.07) is 4.33. The normalized spacial score (nSPS) is 18.0. The van der Waals surface area contributed by atoms with Crippen LogP contribution in [-0.2, 0) is 7.05 Å². The molecule has 1 aliphatic rings. The molecule has 25 heavy (non-hydrogen) atoms.